The van der Waals surface area contributed by atoms with Crippen LogP contribution in [-0.4, -0.2) is 44.4 Å². The van der Waals surface area contributed by atoms with E-state index in [9.17, 15) is 9.90 Å². The molecule has 0 saturated carbocycles. The molecular weight excluding hydrogens is 530 g/mol. The summed E-state index contributed by atoms with van der Waals surface area (Å²) in [7, 11) is 0. The Hall–Kier alpha value is -3.63. The number of amides is 1. The zero-order valence-electron chi connectivity index (χ0n) is 18.8. The molecule has 0 fully saturated rings. The van der Waals surface area contributed by atoms with Crippen molar-refractivity contribution in [1.82, 2.24) is 20.2 Å². The first kappa shape index (κ1) is 24.5. The van der Waals surface area contributed by atoms with E-state index in [2.05, 4.69) is 36.7 Å². The quantitative estimate of drug-likeness (QED) is 0.171. The van der Waals surface area contributed by atoms with Crippen LogP contribution in [0, 0.1) is 0 Å². The molecule has 1 amide bonds. The van der Waals surface area contributed by atoms with Crippen LogP contribution in [0.3, 0.4) is 0 Å². The van der Waals surface area contributed by atoms with Gasteiger partial charge in [-0.15, -0.1) is 10.2 Å². The van der Waals surface area contributed by atoms with Gasteiger partial charge in [-0.25, -0.2) is 5.43 Å². The summed E-state index contributed by atoms with van der Waals surface area (Å²) in [5, 5.41) is 23.1. The van der Waals surface area contributed by atoms with Crippen LogP contribution in [0.5, 0.6) is 11.5 Å². The molecule has 0 atom stereocenters. The monoisotopic (exact) mass is 551 g/mol. The van der Waals surface area contributed by atoms with E-state index in [1.165, 1.54) is 18.0 Å². The first-order valence-corrected chi connectivity index (χ1v) is 12.5. The molecule has 0 saturated heterocycles. The van der Waals surface area contributed by atoms with Crippen LogP contribution in [0.2, 0.25) is 0 Å². The second-order valence-corrected chi connectivity index (χ2v) is 9.08. The van der Waals surface area contributed by atoms with E-state index in [-0.39, 0.29) is 17.4 Å². The van der Waals surface area contributed by atoms with E-state index in [0.717, 1.165) is 21.5 Å². The van der Waals surface area contributed by atoms with Gasteiger partial charge in [-0.05, 0) is 49.4 Å². The molecule has 0 aliphatic heterocycles. The largest absolute Gasteiger partial charge is 0.507 e. The second kappa shape index (κ2) is 11.7. The van der Waals surface area contributed by atoms with Crippen molar-refractivity contribution in [2.24, 2.45) is 5.10 Å². The lowest BCUT2D eigenvalue weighted by Gasteiger charge is -2.11. The molecule has 3 aromatic carbocycles. The summed E-state index contributed by atoms with van der Waals surface area (Å²) in [6.07, 6.45) is 1.39. The number of hydrazone groups is 1. The van der Waals surface area contributed by atoms with Crippen LogP contribution in [0.1, 0.15) is 12.5 Å². The van der Waals surface area contributed by atoms with E-state index < -0.39 is 0 Å². The SMILES string of the molecule is CCOc1ccc(-n2c(SCC(=O)NN=Cc3cc(Br)ccc3O)nnc2-c2ccccc2)cc1. The minimum absolute atomic E-state index is 0.0671. The summed E-state index contributed by atoms with van der Waals surface area (Å²) in [6.45, 7) is 2.52. The number of carbonyl (C=O) groups excluding carboxylic acids is 1. The molecule has 0 unspecified atom stereocenters. The number of nitrogens with zero attached hydrogens (tertiary/aromatic N) is 4. The number of rotatable bonds is 9. The van der Waals surface area contributed by atoms with Crippen molar-refractivity contribution >= 4 is 39.8 Å². The van der Waals surface area contributed by atoms with E-state index in [1.54, 1.807) is 18.2 Å². The van der Waals surface area contributed by atoms with Crippen LogP contribution < -0.4 is 10.2 Å². The average molecular weight is 552 g/mol. The van der Waals surface area contributed by atoms with Crippen molar-refractivity contribution in [3.8, 4) is 28.6 Å². The number of phenols is 1. The lowest BCUT2D eigenvalue weighted by Crippen LogP contribution is -2.20. The Balaban J connectivity index is 1.51. The Morgan fingerprint density at radius 2 is 1.91 bits per heavy atom. The zero-order valence-corrected chi connectivity index (χ0v) is 21.2. The van der Waals surface area contributed by atoms with Gasteiger partial charge in [0.15, 0.2) is 11.0 Å². The molecule has 2 N–H and O–H groups in total. The summed E-state index contributed by atoms with van der Waals surface area (Å²) in [5.74, 6) is 1.27. The molecule has 178 valence electrons. The Labute approximate surface area is 215 Å². The summed E-state index contributed by atoms with van der Waals surface area (Å²) in [5.41, 5.74) is 4.71. The maximum Gasteiger partial charge on any atom is 0.250 e. The van der Waals surface area contributed by atoms with Gasteiger partial charge in [-0.3, -0.25) is 9.36 Å². The van der Waals surface area contributed by atoms with Crippen molar-refractivity contribution in [3.63, 3.8) is 0 Å². The van der Waals surface area contributed by atoms with Crippen LogP contribution in [0.25, 0.3) is 17.1 Å². The molecule has 0 radical (unpaired) electrons. The van der Waals surface area contributed by atoms with Crippen molar-refractivity contribution in [2.75, 3.05) is 12.4 Å². The Morgan fingerprint density at radius 1 is 1.14 bits per heavy atom. The minimum atomic E-state index is -0.316. The van der Waals surface area contributed by atoms with Gasteiger partial charge in [0.1, 0.15) is 11.5 Å². The van der Waals surface area contributed by atoms with Gasteiger partial charge in [0.25, 0.3) is 5.91 Å². The number of hydrogen-bond donors (Lipinski definition) is 2. The number of nitrogens with one attached hydrogen (secondary N) is 1. The maximum absolute atomic E-state index is 12.4. The van der Waals surface area contributed by atoms with E-state index in [4.69, 9.17) is 4.74 Å². The van der Waals surface area contributed by atoms with Gasteiger partial charge in [-0.2, -0.15) is 5.10 Å². The third-order valence-electron chi connectivity index (χ3n) is 4.79. The maximum atomic E-state index is 12.4. The first-order chi connectivity index (χ1) is 17.0. The molecular formula is C25H22BrN5O3S. The molecule has 10 heteroatoms. The molecule has 0 aliphatic carbocycles. The van der Waals surface area contributed by atoms with Crippen molar-refractivity contribution in [3.05, 3.63) is 82.8 Å². The highest BCUT2D eigenvalue weighted by Crippen LogP contribution is 2.29. The van der Waals surface area contributed by atoms with Gasteiger partial charge in [0, 0.05) is 21.3 Å². The highest BCUT2D eigenvalue weighted by molar-refractivity contribution is 9.10. The van der Waals surface area contributed by atoms with E-state index >= 15 is 0 Å². The normalized spacial score (nSPS) is 11.0. The number of carbonyl (C=O) groups is 1. The zero-order chi connectivity index (χ0) is 24.6. The first-order valence-electron chi connectivity index (χ1n) is 10.7. The van der Waals surface area contributed by atoms with Gasteiger partial charge >= 0.3 is 0 Å². The highest BCUT2D eigenvalue weighted by Gasteiger charge is 2.17. The van der Waals surface area contributed by atoms with Crippen LogP contribution >= 0.6 is 27.7 Å². The average Bonchev–Trinajstić information content (AvgIpc) is 3.30. The molecule has 0 bridgehead atoms. The lowest BCUT2D eigenvalue weighted by atomic mass is 10.2. The molecule has 1 aromatic heterocycles. The van der Waals surface area contributed by atoms with Gasteiger partial charge in [-0.1, -0.05) is 58.0 Å². The van der Waals surface area contributed by atoms with Crippen LogP contribution in [0.15, 0.2) is 87.5 Å². The lowest BCUT2D eigenvalue weighted by molar-refractivity contribution is -0.118. The number of halogens is 1. The van der Waals surface area contributed by atoms with Gasteiger partial charge in [0.05, 0.1) is 18.6 Å². The molecule has 4 rings (SSSR count). The second-order valence-electron chi connectivity index (χ2n) is 7.22. The molecule has 0 spiro atoms. The van der Waals surface area contributed by atoms with Crippen molar-refractivity contribution in [2.45, 2.75) is 12.1 Å². The fourth-order valence-electron chi connectivity index (χ4n) is 3.19. The number of thioether (sulfide) groups is 1. The third kappa shape index (κ3) is 6.28. The predicted molar refractivity (Wildman–Crippen MR) is 140 cm³/mol. The van der Waals surface area contributed by atoms with Gasteiger partial charge < -0.3 is 9.84 Å². The van der Waals surface area contributed by atoms with Gasteiger partial charge in [0.2, 0.25) is 0 Å². The Morgan fingerprint density at radius 3 is 2.66 bits per heavy atom. The third-order valence-corrected chi connectivity index (χ3v) is 6.21. The van der Waals surface area contributed by atoms with Crippen LogP contribution in [0.4, 0.5) is 0 Å². The van der Waals surface area contributed by atoms with Crippen molar-refractivity contribution < 1.29 is 14.6 Å². The fraction of sp³-hybridized carbons (Fsp3) is 0.120. The number of hydrogen-bond acceptors (Lipinski definition) is 7. The predicted octanol–water partition coefficient (Wildman–Crippen LogP) is 5.04. The standard InChI is InChI=1S/C25H22BrN5O3S/c1-2-34-21-11-9-20(10-12-21)31-24(17-6-4-3-5-7-17)29-30-25(31)35-16-23(33)28-27-15-18-14-19(26)8-13-22(18)32/h3-15,32H,2,16H2,1H3,(H,28,33). The molecule has 8 nitrogen and oxygen atoms in total. The Kier molecular flexibility index (Phi) is 8.17. The minimum Gasteiger partial charge on any atom is -0.507 e. The Bertz CT molecular complexity index is 1330. The highest BCUT2D eigenvalue weighted by atomic mass is 79.9. The summed E-state index contributed by atoms with van der Waals surface area (Å²) in [4.78, 5) is 12.4. The molecule has 35 heavy (non-hydrogen) atoms. The van der Waals surface area contributed by atoms with E-state index in [0.29, 0.717) is 23.2 Å². The van der Waals surface area contributed by atoms with Crippen molar-refractivity contribution in [1.29, 1.82) is 0 Å². The summed E-state index contributed by atoms with van der Waals surface area (Å²) in [6, 6.07) is 22.3. The number of aromatic hydroxyl groups is 1. The fourth-order valence-corrected chi connectivity index (χ4v) is 4.32. The summed E-state index contributed by atoms with van der Waals surface area (Å²) < 4.78 is 8.26. The van der Waals surface area contributed by atoms with Crippen LogP contribution in [-0.2, 0) is 4.79 Å². The molecule has 4 aromatic rings. The smallest absolute Gasteiger partial charge is 0.250 e. The molecule has 1 heterocycles. The topological polar surface area (TPSA) is 102 Å². The molecule has 0 aliphatic rings. The van der Waals surface area contributed by atoms with E-state index in [1.807, 2.05) is 66.1 Å². The summed E-state index contributed by atoms with van der Waals surface area (Å²) >= 11 is 4.59. The number of aromatic nitrogens is 3. The number of phenolic OH excluding ortho intramolecular Hbond substituents is 1. The number of ether oxygens (including phenoxy) is 1. The number of benzene rings is 3.